The maximum atomic E-state index is 13.5. The molecular formula is C25H33N3O6S2. The van der Waals surface area contributed by atoms with Crippen LogP contribution in [0.15, 0.2) is 64.4 Å². The highest BCUT2D eigenvalue weighted by Crippen LogP contribution is 2.26. The molecule has 196 valence electrons. The Balaban J connectivity index is 1.54. The Labute approximate surface area is 213 Å². The lowest BCUT2D eigenvalue weighted by molar-refractivity contribution is -0.116. The molecule has 2 heterocycles. The Bertz CT molecular complexity index is 1240. The molecule has 2 aromatic rings. The van der Waals surface area contributed by atoms with Crippen molar-refractivity contribution in [1.29, 1.82) is 0 Å². The molecule has 36 heavy (non-hydrogen) atoms. The van der Waals surface area contributed by atoms with Gasteiger partial charge in [0.1, 0.15) is 0 Å². The lowest BCUT2D eigenvalue weighted by Gasteiger charge is -2.30. The molecule has 1 amide bonds. The lowest BCUT2D eigenvalue weighted by atomic mass is 10.0. The van der Waals surface area contributed by atoms with E-state index in [9.17, 15) is 21.6 Å². The van der Waals surface area contributed by atoms with E-state index in [1.807, 2.05) is 13.0 Å². The SMILES string of the molecule is C[C@@H]1CCCN(S(=O)(=O)c2ccc(S(=O)(=O)N(CC(=O)Nc3ccccc3)C[C@@H]3CCCO3)cc2)C1. The number of benzene rings is 2. The number of amides is 1. The predicted molar refractivity (Wildman–Crippen MR) is 136 cm³/mol. The minimum atomic E-state index is -4.09. The average Bonchev–Trinajstić information content (AvgIpc) is 3.37. The molecule has 1 N–H and O–H groups in total. The molecular weight excluding hydrogens is 502 g/mol. The monoisotopic (exact) mass is 535 g/mol. The molecule has 0 spiro atoms. The largest absolute Gasteiger partial charge is 0.377 e. The van der Waals surface area contributed by atoms with Gasteiger partial charge in [0.2, 0.25) is 26.0 Å². The summed E-state index contributed by atoms with van der Waals surface area (Å²) in [5.74, 6) is -0.192. The molecule has 0 radical (unpaired) electrons. The van der Waals surface area contributed by atoms with Gasteiger partial charge in [-0.2, -0.15) is 8.61 Å². The summed E-state index contributed by atoms with van der Waals surface area (Å²) >= 11 is 0. The van der Waals surface area contributed by atoms with E-state index in [0.29, 0.717) is 31.8 Å². The van der Waals surface area contributed by atoms with Gasteiger partial charge in [-0.05, 0) is 68.0 Å². The number of nitrogens with zero attached hydrogens (tertiary/aromatic N) is 2. The number of piperidine rings is 1. The molecule has 11 heteroatoms. The zero-order chi connectivity index (χ0) is 25.8. The van der Waals surface area contributed by atoms with E-state index in [0.717, 1.165) is 23.6 Å². The second-order valence-corrected chi connectivity index (χ2v) is 13.3. The van der Waals surface area contributed by atoms with Crippen LogP contribution >= 0.6 is 0 Å². The number of hydrogen-bond donors (Lipinski definition) is 1. The summed E-state index contributed by atoms with van der Waals surface area (Å²) < 4.78 is 61.4. The molecule has 0 aliphatic carbocycles. The number of anilines is 1. The van der Waals surface area contributed by atoms with Crippen molar-refractivity contribution in [2.75, 3.05) is 38.1 Å². The van der Waals surface area contributed by atoms with E-state index in [-0.39, 0.29) is 34.9 Å². The lowest BCUT2D eigenvalue weighted by Crippen LogP contribution is -2.42. The molecule has 2 saturated heterocycles. The summed E-state index contributed by atoms with van der Waals surface area (Å²) in [5.41, 5.74) is 0.568. The number of rotatable bonds is 9. The van der Waals surface area contributed by atoms with Gasteiger partial charge in [0.15, 0.2) is 0 Å². The number of nitrogens with one attached hydrogen (secondary N) is 1. The fraction of sp³-hybridized carbons (Fsp3) is 0.480. The van der Waals surface area contributed by atoms with Gasteiger partial charge in [0.05, 0.1) is 22.4 Å². The Morgan fingerprint density at radius 3 is 2.33 bits per heavy atom. The average molecular weight is 536 g/mol. The van der Waals surface area contributed by atoms with Gasteiger partial charge in [-0.1, -0.05) is 25.1 Å². The summed E-state index contributed by atoms with van der Waals surface area (Å²) in [5, 5.41) is 2.72. The van der Waals surface area contributed by atoms with E-state index in [1.54, 1.807) is 24.3 Å². The first-order valence-electron chi connectivity index (χ1n) is 12.2. The first kappa shape index (κ1) is 26.7. The Morgan fingerprint density at radius 1 is 1.00 bits per heavy atom. The smallest absolute Gasteiger partial charge is 0.243 e. The van der Waals surface area contributed by atoms with Crippen molar-refractivity contribution in [3.05, 3.63) is 54.6 Å². The van der Waals surface area contributed by atoms with Gasteiger partial charge >= 0.3 is 0 Å². The predicted octanol–water partition coefficient (Wildman–Crippen LogP) is 2.92. The van der Waals surface area contributed by atoms with Gasteiger partial charge in [0, 0.05) is 31.9 Å². The Morgan fingerprint density at radius 2 is 1.69 bits per heavy atom. The van der Waals surface area contributed by atoms with E-state index >= 15 is 0 Å². The number of carbonyl (C=O) groups excluding carboxylic acids is 1. The van der Waals surface area contributed by atoms with Crippen molar-refractivity contribution in [1.82, 2.24) is 8.61 Å². The zero-order valence-electron chi connectivity index (χ0n) is 20.4. The standard InChI is InChI=1S/C25H33N3O6S2/c1-20-7-5-15-27(17-20)35(30,31)23-11-13-24(14-12-23)36(32,33)28(18-22-10-6-16-34-22)19-25(29)26-21-8-3-2-4-9-21/h2-4,8-9,11-14,20,22H,5-7,10,15-19H2,1H3,(H,26,29)/t20-,22+/m1/s1. The fourth-order valence-corrected chi connectivity index (χ4v) is 7.62. The Kier molecular flexibility index (Phi) is 8.46. The number of sulfonamides is 2. The normalized spacial score (nSPS) is 21.5. The second-order valence-electron chi connectivity index (χ2n) is 9.43. The van der Waals surface area contributed by atoms with Gasteiger partial charge in [-0.25, -0.2) is 16.8 Å². The second kappa shape index (κ2) is 11.4. The quantitative estimate of drug-likeness (QED) is 0.528. The molecule has 2 atom stereocenters. The van der Waals surface area contributed by atoms with Crippen molar-refractivity contribution >= 4 is 31.6 Å². The van der Waals surface area contributed by atoms with Gasteiger partial charge in [-0.3, -0.25) is 4.79 Å². The fourth-order valence-electron chi connectivity index (χ4n) is 4.59. The van der Waals surface area contributed by atoms with Crippen molar-refractivity contribution in [3.8, 4) is 0 Å². The molecule has 4 rings (SSSR count). The summed E-state index contributed by atoms with van der Waals surface area (Å²) in [6.45, 7) is 3.13. The molecule has 0 saturated carbocycles. The van der Waals surface area contributed by atoms with E-state index in [4.69, 9.17) is 4.74 Å². The van der Waals surface area contributed by atoms with Crippen molar-refractivity contribution in [3.63, 3.8) is 0 Å². The highest BCUT2D eigenvalue weighted by atomic mass is 32.2. The molecule has 2 aliphatic heterocycles. The summed E-state index contributed by atoms with van der Waals surface area (Å²) in [4.78, 5) is 12.7. The summed E-state index contributed by atoms with van der Waals surface area (Å²) in [7, 11) is -7.80. The molecule has 2 aliphatic rings. The number of carbonyl (C=O) groups is 1. The van der Waals surface area contributed by atoms with E-state index < -0.39 is 26.0 Å². The minimum absolute atomic E-state index is 0.0380. The van der Waals surface area contributed by atoms with Crippen LogP contribution in [0.3, 0.4) is 0 Å². The van der Waals surface area contributed by atoms with E-state index in [2.05, 4.69) is 5.32 Å². The number of para-hydroxylation sites is 1. The number of hydrogen-bond acceptors (Lipinski definition) is 6. The van der Waals surface area contributed by atoms with Crippen LogP contribution in [0, 0.1) is 5.92 Å². The third-order valence-electron chi connectivity index (χ3n) is 6.53. The van der Waals surface area contributed by atoms with Crippen molar-refractivity contribution in [2.45, 2.75) is 48.5 Å². The molecule has 2 aromatic carbocycles. The highest BCUT2D eigenvalue weighted by molar-refractivity contribution is 7.89. The van der Waals surface area contributed by atoms with Crippen LogP contribution in [0.25, 0.3) is 0 Å². The van der Waals surface area contributed by atoms with Gasteiger partial charge in [0.25, 0.3) is 0 Å². The van der Waals surface area contributed by atoms with E-state index in [1.165, 1.54) is 28.6 Å². The van der Waals surface area contributed by atoms with Crippen LogP contribution in [0.5, 0.6) is 0 Å². The van der Waals surface area contributed by atoms with Crippen LogP contribution in [0.4, 0.5) is 5.69 Å². The summed E-state index contributed by atoms with van der Waals surface area (Å²) in [6, 6.07) is 14.1. The van der Waals surface area contributed by atoms with Gasteiger partial charge < -0.3 is 10.1 Å². The maximum absolute atomic E-state index is 13.5. The van der Waals surface area contributed by atoms with Crippen LogP contribution in [-0.2, 0) is 29.6 Å². The molecule has 2 fully saturated rings. The zero-order valence-corrected chi connectivity index (χ0v) is 22.0. The van der Waals surface area contributed by atoms with Crippen LogP contribution in [0.1, 0.15) is 32.6 Å². The third kappa shape index (κ3) is 6.33. The molecule has 9 nitrogen and oxygen atoms in total. The maximum Gasteiger partial charge on any atom is 0.243 e. The first-order valence-corrected chi connectivity index (χ1v) is 15.1. The Hall–Kier alpha value is -2.31. The molecule has 0 aromatic heterocycles. The van der Waals surface area contributed by atoms with Crippen LogP contribution in [-0.4, -0.2) is 70.2 Å². The van der Waals surface area contributed by atoms with Crippen LogP contribution < -0.4 is 5.32 Å². The third-order valence-corrected chi connectivity index (χ3v) is 10.2. The topological polar surface area (TPSA) is 113 Å². The minimum Gasteiger partial charge on any atom is -0.377 e. The summed E-state index contributed by atoms with van der Waals surface area (Å²) in [6.07, 6.45) is 3.02. The molecule has 0 unspecified atom stereocenters. The number of ether oxygens (including phenoxy) is 1. The van der Waals surface area contributed by atoms with Gasteiger partial charge in [-0.15, -0.1) is 0 Å². The van der Waals surface area contributed by atoms with Crippen LogP contribution in [0.2, 0.25) is 0 Å². The van der Waals surface area contributed by atoms with Crippen molar-refractivity contribution in [2.24, 2.45) is 5.92 Å². The first-order chi connectivity index (χ1) is 17.2. The van der Waals surface area contributed by atoms with Crippen molar-refractivity contribution < 1.29 is 26.4 Å². The molecule has 0 bridgehead atoms. The highest BCUT2D eigenvalue weighted by Gasteiger charge is 2.32.